The zero-order valence-corrected chi connectivity index (χ0v) is 9.80. The van der Waals surface area contributed by atoms with Gasteiger partial charge in [-0.15, -0.1) is 11.3 Å². The molecule has 2 aromatic rings. The first-order valence-corrected chi connectivity index (χ1v) is 6.06. The lowest BCUT2D eigenvalue weighted by atomic mass is 10.1. The third-order valence-corrected chi connectivity index (χ3v) is 3.19. The highest BCUT2D eigenvalue weighted by atomic mass is 32.1. The van der Waals surface area contributed by atoms with E-state index in [1.165, 1.54) is 12.1 Å². The molecule has 1 aromatic heterocycles. The standard InChI is InChI=1S/C12H13FN2S/c1-2-15-12(11-7-14-8-16-11)9-3-5-10(13)6-4-9/h3-8,12,15H,2H2,1H3. The van der Waals surface area contributed by atoms with Gasteiger partial charge in [-0.2, -0.15) is 0 Å². The maximum atomic E-state index is 12.8. The van der Waals surface area contributed by atoms with Crippen LogP contribution in [0.15, 0.2) is 36.0 Å². The predicted octanol–water partition coefficient (Wildman–Crippen LogP) is 2.98. The highest BCUT2D eigenvalue weighted by molar-refractivity contribution is 7.09. The van der Waals surface area contributed by atoms with E-state index in [1.54, 1.807) is 11.3 Å². The van der Waals surface area contributed by atoms with E-state index in [0.29, 0.717) is 0 Å². The molecule has 0 amide bonds. The second-order valence-corrected chi connectivity index (χ2v) is 4.36. The summed E-state index contributed by atoms with van der Waals surface area (Å²) >= 11 is 1.60. The average molecular weight is 236 g/mol. The van der Waals surface area contributed by atoms with E-state index in [9.17, 15) is 4.39 Å². The molecule has 16 heavy (non-hydrogen) atoms. The van der Waals surface area contributed by atoms with Gasteiger partial charge in [-0.25, -0.2) is 4.39 Å². The van der Waals surface area contributed by atoms with E-state index in [-0.39, 0.29) is 11.9 Å². The lowest BCUT2D eigenvalue weighted by molar-refractivity contribution is 0.616. The van der Waals surface area contributed by atoms with E-state index in [4.69, 9.17) is 0 Å². The fraction of sp³-hybridized carbons (Fsp3) is 0.250. The topological polar surface area (TPSA) is 24.9 Å². The summed E-state index contributed by atoms with van der Waals surface area (Å²) in [4.78, 5) is 5.22. The number of nitrogens with one attached hydrogen (secondary N) is 1. The summed E-state index contributed by atoms with van der Waals surface area (Å²) in [5.41, 5.74) is 2.87. The molecule has 1 atom stereocenters. The quantitative estimate of drug-likeness (QED) is 0.882. The fourth-order valence-corrected chi connectivity index (χ4v) is 2.33. The average Bonchev–Trinajstić information content (AvgIpc) is 2.81. The Kier molecular flexibility index (Phi) is 3.64. The summed E-state index contributed by atoms with van der Waals surface area (Å²) < 4.78 is 12.8. The minimum absolute atomic E-state index is 0.109. The number of nitrogens with zero attached hydrogens (tertiary/aromatic N) is 1. The van der Waals surface area contributed by atoms with Crippen molar-refractivity contribution in [2.45, 2.75) is 13.0 Å². The van der Waals surface area contributed by atoms with Crippen molar-refractivity contribution >= 4 is 11.3 Å². The molecule has 1 unspecified atom stereocenters. The zero-order chi connectivity index (χ0) is 11.4. The maximum Gasteiger partial charge on any atom is 0.123 e. The molecule has 1 N–H and O–H groups in total. The van der Waals surface area contributed by atoms with Gasteiger partial charge in [-0.3, -0.25) is 4.98 Å². The fourth-order valence-electron chi connectivity index (χ4n) is 1.61. The molecule has 0 aliphatic rings. The number of hydrogen-bond acceptors (Lipinski definition) is 3. The molecule has 84 valence electrons. The molecule has 1 aromatic carbocycles. The molecular weight excluding hydrogens is 223 g/mol. The van der Waals surface area contributed by atoms with Gasteiger partial charge in [0, 0.05) is 11.1 Å². The Hall–Kier alpha value is -1.26. The van der Waals surface area contributed by atoms with Gasteiger partial charge in [0.2, 0.25) is 0 Å². The summed E-state index contributed by atoms with van der Waals surface area (Å²) in [7, 11) is 0. The Labute approximate surface area is 98.2 Å². The van der Waals surface area contributed by atoms with Crippen LogP contribution in [0.2, 0.25) is 0 Å². The van der Waals surface area contributed by atoms with Crippen LogP contribution in [-0.4, -0.2) is 11.5 Å². The molecule has 0 bridgehead atoms. The van der Waals surface area contributed by atoms with Crippen molar-refractivity contribution in [2.24, 2.45) is 0 Å². The zero-order valence-electron chi connectivity index (χ0n) is 8.98. The van der Waals surface area contributed by atoms with Gasteiger partial charge in [0.05, 0.1) is 11.6 Å². The molecule has 0 fully saturated rings. The number of thiazole rings is 1. The largest absolute Gasteiger partial charge is 0.306 e. The molecular formula is C12H13FN2S. The number of aromatic nitrogens is 1. The van der Waals surface area contributed by atoms with Crippen LogP contribution < -0.4 is 5.32 Å². The molecule has 0 aliphatic carbocycles. The summed E-state index contributed by atoms with van der Waals surface area (Å²) in [5, 5.41) is 3.37. The number of halogens is 1. The molecule has 1 heterocycles. The van der Waals surface area contributed by atoms with Crippen LogP contribution in [0.3, 0.4) is 0 Å². The van der Waals surface area contributed by atoms with Crippen LogP contribution in [0.5, 0.6) is 0 Å². The molecule has 2 nitrogen and oxygen atoms in total. The van der Waals surface area contributed by atoms with Gasteiger partial charge in [0.25, 0.3) is 0 Å². The third-order valence-electron chi connectivity index (χ3n) is 2.35. The molecule has 0 saturated carbocycles. The Morgan fingerprint density at radius 2 is 2.12 bits per heavy atom. The summed E-state index contributed by atoms with van der Waals surface area (Å²) in [6.07, 6.45) is 1.85. The normalized spacial score (nSPS) is 12.6. The molecule has 0 aliphatic heterocycles. The summed E-state index contributed by atoms with van der Waals surface area (Å²) in [5.74, 6) is -0.205. The first kappa shape index (κ1) is 11.2. The highest BCUT2D eigenvalue weighted by Crippen LogP contribution is 2.24. The Morgan fingerprint density at radius 3 is 2.69 bits per heavy atom. The Morgan fingerprint density at radius 1 is 1.38 bits per heavy atom. The molecule has 0 saturated heterocycles. The first-order valence-electron chi connectivity index (χ1n) is 5.18. The number of rotatable bonds is 4. The SMILES string of the molecule is CCNC(c1ccc(F)cc1)c1cncs1. The van der Waals surface area contributed by atoms with Crippen molar-refractivity contribution in [3.8, 4) is 0 Å². The van der Waals surface area contributed by atoms with Crippen molar-refractivity contribution in [1.29, 1.82) is 0 Å². The van der Waals surface area contributed by atoms with Crippen LogP contribution >= 0.6 is 11.3 Å². The molecule has 0 spiro atoms. The second-order valence-electron chi connectivity index (χ2n) is 3.45. The number of hydrogen-bond donors (Lipinski definition) is 1. The minimum Gasteiger partial charge on any atom is -0.306 e. The van der Waals surface area contributed by atoms with Crippen LogP contribution in [-0.2, 0) is 0 Å². The number of benzene rings is 1. The van der Waals surface area contributed by atoms with Gasteiger partial charge in [-0.1, -0.05) is 19.1 Å². The highest BCUT2D eigenvalue weighted by Gasteiger charge is 2.14. The van der Waals surface area contributed by atoms with Gasteiger partial charge in [-0.05, 0) is 24.2 Å². The van der Waals surface area contributed by atoms with E-state index in [2.05, 4.69) is 17.2 Å². The summed E-state index contributed by atoms with van der Waals surface area (Å²) in [6.45, 7) is 2.91. The lowest BCUT2D eigenvalue weighted by Gasteiger charge is -2.16. The van der Waals surface area contributed by atoms with Crippen molar-refractivity contribution < 1.29 is 4.39 Å². The van der Waals surface area contributed by atoms with Crippen molar-refractivity contribution in [1.82, 2.24) is 10.3 Å². The van der Waals surface area contributed by atoms with E-state index >= 15 is 0 Å². The van der Waals surface area contributed by atoms with Gasteiger partial charge < -0.3 is 5.32 Å². The molecule has 2 rings (SSSR count). The lowest BCUT2D eigenvalue weighted by Crippen LogP contribution is -2.21. The second kappa shape index (κ2) is 5.18. The monoisotopic (exact) mass is 236 g/mol. The molecule has 4 heteroatoms. The van der Waals surface area contributed by atoms with Crippen LogP contribution in [0, 0.1) is 5.82 Å². The van der Waals surface area contributed by atoms with E-state index in [0.717, 1.165) is 17.0 Å². The van der Waals surface area contributed by atoms with Crippen LogP contribution in [0.25, 0.3) is 0 Å². The van der Waals surface area contributed by atoms with Gasteiger partial charge in [0.15, 0.2) is 0 Å². The third kappa shape index (κ3) is 2.46. The smallest absolute Gasteiger partial charge is 0.123 e. The minimum atomic E-state index is -0.205. The Balaban J connectivity index is 2.29. The van der Waals surface area contributed by atoms with E-state index in [1.807, 2.05) is 23.8 Å². The first-order chi connectivity index (χ1) is 7.81. The van der Waals surface area contributed by atoms with Crippen LogP contribution in [0.4, 0.5) is 4.39 Å². The van der Waals surface area contributed by atoms with Crippen molar-refractivity contribution in [2.75, 3.05) is 6.54 Å². The Bertz CT molecular complexity index is 425. The van der Waals surface area contributed by atoms with Crippen molar-refractivity contribution in [3.05, 3.63) is 52.2 Å². The summed E-state index contributed by atoms with van der Waals surface area (Å²) in [6, 6.07) is 6.70. The van der Waals surface area contributed by atoms with Gasteiger partial charge in [0.1, 0.15) is 5.82 Å². The van der Waals surface area contributed by atoms with E-state index < -0.39 is 0 Å². The molecule has 0 radical (unpaired) electrons. The van der Waals surface area contributed by atoms with Crippen molar-refractivity contribution in [3.63, 3.8) is 0 Å². The van der Waals surface area contributed by atoms with Crippen LogP contribution in [0.1, 0.15) is 23.4 Å². The predicted molar refractivity (Wildman–Crippen MR) is 64.0 cm³/mol. The van der Waals surface area contributed by atoms with Gasteiger partial charge >= 0.3 is 0 Å². The maximum absolute atomic E-state index is 12.8.